The zero-order valence-electron chi connectivity index (χ0n) is 16.5. The van der Waals surface area contributed by atoms with Crippen LogP contribution >= 0.6 is 0 Å². The number of hydrogen-bond acceptors (Lipinski definition) is 4. The average molecular weight is 331 g/mol. The molecule has 2 unspecified atom stereocenters. The van der Waals surface area contributed by atoms with Gasteiger partial charge in [0.2, 0.25) is 0 Å². The van der Waals surface area contributed by atoms with Gasteiger partial charge < -0.3 is 20.5 Å². The topological polar surface area (TPSA) is 56.5 Å². The van der Waals surface area contributed by atoms with Gasteiger partial charge in [-0.1, -0.05) is 52.9 Å². The number of nitrogens with two attached hydrogens (primary N) is 1. The smallest absolute Gasteiger partial charge is 0.169 e. The molecule has 3 N–H and O–H groups in total. The summed E-state index contributed by atoms with van der Waals surface area (Å²) in [6.07, 6.45) is 8.75. The van der Waals surface area contributed by atoms with E-state index < -0.39 is 5.79 Å². The maximum absolute atomic E-state index is 5.76. The molecule has 0 aliphatic heterocycles. The molecule has 2 atom stereocenters. The highest BCUT2D eigenvalue weighted by molar-refractivity contribution is 4.87. The van der Waals surface area contributed by atoms with Crippen LogP contribution in [0.25, 0.3) is 0 Å². The number of methoxy groups -OCH3 is 2. The van der Waals surface area contributed by atoms with Crippen molar-refractivity contribution in [1.29, 1.82) is 0 Å². The Hall–Kier alpha value is -0.160. The molecule has 0 radical (unpaired) electrons. The van der Waals surface area contributed by atoms with Gasteiger partial charge in [-0.2, -0.15) is 0 Å². The van der Waals surface area contributed by atoms with Gasteiger partial charge in [0, 0.05) is 39.3 Å². The highest BCUT2D eigenvalue weighted by Gasteiger charge is 2.39. The average Bonchev–Trinajstić information content (AvgIpc) is 2.54. The molecule has 0 aromatic carbocycles. The molecule has 0 bridgehead atoms. The van der Waals surface area contributed by atoms with Gasteiger partial charge in [0.15, 0.2) is 5.79 Å². The second-order valence-corrected chi connectivity index (χ2v) is 7.21. The lowest BCUT2D eigenvalue weighted by molar-refractivity contribution is -0.236. The van der Waals surface area contributed by atoms with Crippen LogP contribution in [-0.2, 0) is 9.47 Å². The summed E-state index contributed by atoms with van der Waals surface area (Å²) in [5, 5.41) is 3.66. The van der Waals surface area contributed by atoms with Crippen LogP contribution in [0.4, 0.5) is 0 Å². The summed E-state index contributed by atoms with van der Waals surface area (Å²) in [7, 11) is 3.50. The van der Waals surface area contributed by atoms with Crippen LogP contribution in [0.3, 0.4) is 0 Å². The second-order valence-electron chi connectivity index (χ2n) is 7.21. The van der Waals surface area contributed by atoms with Crippen LogP contribution in [0.2, 0.25) is 0 Å². The molecule has 23 heavy (non-hydrogen) atoms. The Morgan fingerprint density at radius 3 is 2.13 bits per heavy atom. The lowest BCUT2D eigenvalue weighted by Crippen LogP contribution is -2.51. The number of ether oxygens (including phenoxy) is 2. The molecule has 0 saturated carbocycles. The highest BCUT2D eigenvalue weighted by Crippen LogP contribution is 2.33. The van der Waals surface area contributed by atoms with Crippen molar-refractivity contribution in [2.45, 2.75) is 84.5 Å². The number of rotatable bonds is 15. The Bertz CT molecular complexity index is 268. The van der Waals surface area contributed by atoms with E-state index in [0.717, 1.165) is 19.4 Å². The minimum Gasteiger partial charge on any atom is -0.353 e. The van der Waals surface area contributed by atoms with E-state index in [0.29, 0.717) is 24.4 Å². The van der Waals surface area contributed by atoms with Crippen LogP contribution in [0.15, 0.2) is 0 Å². The normalized spacial score (nSPS) is 15.1. The summed E-state index contributed by atoms with van der Waals surface area (Å²) in [5.74, 6) is 0.363. The molecule has 140 valence electrons. The first-order valence-electron chi connectivity index (χ1n) is 9.48. The fourth-order valence-corrected chi connectivity index (χ4v) is 3.32. The van der Waals surface area contributed by atoms with Crippen molar-refractivity contribution in [2.24, 2.45) is 17.6 Å². The number of nitrogens with one attached hydrogen (secondary N) is 1. The molecule has 0 fully saturated rings. The maximum atomic E-state index is 5.76. The Kier molecular flexibility index (Phi) is 13.1. The van der Waals surface area contributed by atoms with Crippen molar-refractivity contribution in [3.05, 3.63) is 0 Å². The Balaban J connectivity index is 4.90. The van der Waals surface area contributed by atoms with Gasteiger partial charge >= 0.3 is 0 Å². The van der Waals surface area contributed by atoms with Crippen molar-refractivity contribution in [3.63, 3.8) is 0 Å². The van der Waals surface area contributed by atoms with E-state index in [4.69, 9.17) is 15.2 Å². The quantitative estimate of drug-likeness (QED) is 0.353. The van der Waals surface area contributed by atoms with Crippen LogP contribution in [0, 0.1) is 11.8 Å². The van der Waals surface area contributed by atoms with Crippen molar-refractivity contribution < 1.29 is 9.47 Å². The molecule has 0 saturated heterocycles. The molecule has 0 rings (SSSR count). The van der Waals surface area contributed by atoms with Gasteiger partial charge in [0.05, 0.1) is 0 Å². The largest absolute Gasteiger partial charge is 0.353 e. The maximum Gasteiger partial charge on any atom is 0.169 e. The summed E-state index contributed by atoms with van der Waals surface area (Å²) in [5.41, 5.74) is 5.72. The van der Waals surface area contributed by atoms with Crippen LogP contribution in [-0.4, -0.2) is 39.1 Å². The van der Waals surface area contributed by atoms with Gasteiger partial charge in [0.25, 0.3) is 0 Å². The van der Waals surface area contributed by atoms with Gasteiger partial charge in [0.1, 0.15) is 0 Å². The molecule has 4 heteroatoms. The van der Waals surface area contributed by atoms with Crippen LogP contribution in [0.1, 0.15) is 72.6 Å². The first kappa shape index (κ1) is 22.8. The predicted octanol–water partition coefficient (Wildman–Crippen LogP) is 3.94. The molecular formula is C19H42N2O2. The van der Waals surface area contributed by atoms with Crippen LogP contribution in [0.5, 0.6) is 0 Å². The Morgan fingerprint density at radius 1 is 1.04 bits per heavy atom. The van der Waals surface area contributed by atoms with E-state index in [1.807, 2.05) is 0 Å². The van der Waals surface area contributed by atoms with Gasteiger partial charge in [-0.3, -0.25) is 0 Å². The first-order chi connectivity index (χ1) is 10.9. The SMILES string of the molecule is CCCCCCCC(NCCN)C(CC(C)C)C(C)(OC)OC. The summed E-state index contributed by atoms with van der Waals surface area (Å²) in [6, 6.07) is 0.382. The monoisotopic (exact) mass is 330 g/mol. The lowest BCUT2D eigenvalue weighted by Gasteiger charge is -2.41. The van der Waals surface area contributed by atoms with E-state index >= 15 is 0 Å². The summed E-state index contributed by atoms with van der Waals surface area (Å²) in [4.78, 5) is 0. The molecule has 0 aromatic rings. The van der Waals surface area contributed by atoms with Crippen molar-refractivity contribution in [3.8, 4) is 0 Å². The fraction of sp³-hybridized carbons (Fsp3) is 1.00. The molecule has 0 aromatic heterocycles. The third-order valence-electron chi connectivity index (χ3n) is 4.86. The molecule has 0 aliphatic rings. The number of unbranched alkanes of at least 4 members (excludes halogenated alkanes) is 4. The minimum absolute atomic E-state index is 0.315. The third-order valence-corrected chi connectivity index (χ3v) is 4.86. The molecule has 4 nitrogen and oxygen atoms in total. The van der Waals surface area contributed by atoms with E-state index in [9.17, 15) is 0 Å². The highest BCUT2D eigenvalue weighted by atomic mass is 16.7. The zero-order valence-corrected chi connectivity index (χ0v) is 16.5. The van der Waals surface area contributed by atoms with Gasteiger partial charge in [-0.05, 0) is 25.7 Å². The minimum atomic E-state index is -0.556. The third kappa shape index (κ3) is 9.04. The molecule has 0 aliphatic carbocycles. The van der Waals surface area contributed by atoms with E-state index in [1.165, 1.54) is 32.1 Å². The van der Waals surface area contributed by atoms with Gasteiger partial charge in [-0.25, -0.2) is 0 Å². The first-order valence-corrected chi connectivity index (χ1v) is 9.48. The standard InChI is InChI=1S/C19H42N2O2/c1-7-8-9-10-11-12-18(21-14-13-20)17(15-16(2)3)19(4,22-5)23-6/h16-18,21H,7-15,20H2,1-6H3. The molecule has 0 amide bonds. The summed E-state index contributed by atoms with van der Waals surface area (Å²) >= 11 is 0. The van der Waals surface area contributed by atoms with E-state index in [-0.39, 0.29) is 0 Å². The fourth-order valence-electron chi connectivity index (χ4n) is 3.32. The molecular weight excluding hydrogens is 288 g/mol. The predicted molar refractivity (Wildman–Crippen MR) is 99.6 cm³/mol. The lowest BCUT2D eigenvalue weighted by atomic mass is 9.81. The Labute approximate surface area is 144 Å². The van der Waals surface area contributed by atoms with Crippen LogP contribution < -0.4 is 11.1 Å². The molecule has 0 heterocycles. The number of hydrogen-bond donors (Lipinski definition) is 2. The van der Waals surface area contributed by atoms with Crippen molar-refractivity contribution in [2.75, 3.05) is 27.3 Å². The van der Waals surface area contributed by atoms with Crippen molar-refractivity contribution >= 4 is 0 Å². The Morgan fingerprint density at radius 2 is 1.65 bits per heavy atom. The van der Waals surface area contributed by atoms with Crippen molar-refractivity contribution in [1.82, 2.24) is 5.32 Å². The van der Waals surface area contributed by atoms with E-state index in [1.54, 1.807) is 14.2 Å². The summed E-state index contributed by atoms with van der Waals surface area (Å²) < 4.78 is 11.5. The second kappa shape index (κ2) is 13.2. The van der Waals surface area contributed by atoms with Gasteiger partial charge in [-0.15, -0.1) is 0 Å². The summed E-state index contributed by atoms with van der Waals surface area (Å²) in [6.45, 7) is 10.4. The zero-order chi connectivity index (χ0) is 17.7. The molecule has 0 spiro atoms. The van der Waals surface area contributed by atoms with E-state index in [2.05, 4.69) is 33.0 Å².